The summed E-state index contributed by atoms with van der Waals surface area (Å²) in [4.78, 5) is 30.9. The summed E-state index contributed by atoms with van der Waals surface area (Å²) in [7, 11) is 0. The lowest BCUT2D eigenvalue weighted by Crippen LogP contribution is -2.01. The number of phenols is 2. The van der Waals surface area contributed by atoms with Crippen molar-refractivity contribution in [1.29, 1.82) is 0 Å². The molecule has 0 atom stereocenters. The molecule has 0 aliphatic carbocycles. The normalized spacial score (nSPS) is 10.2. The van der Waals surface area contributed by atoms with Gasteiger partial charge in [-0.05, 0) is 36.7 Å². The number of phenolic OH excluding ortho intramolecular Hbond substituents is 2. The smallest absolute Gasteiger partial charge is 0.324 e. The summed E-state index contributed by atoms with van der Waals surface area (Å²) in [5.41, 5.74) is 4.67. The van der Waals surface area contributed by atoms with Crippen molar-refractivity contribution in [3.63, 3.8) is 0 Å². The van der Waals surface area contributed by atoms with Crippen LogP contribution in [0.5, 0.6) is 11.5 Å². The Hall–Kier alpha value is -4.26. The fourth-order valence-corrected chi connectivity index (χ4v) is 2.50. The molecule has 13 heteroatoms. The van der Waals surface area contributed by atoms with Gasteiger partial charge in [-0.1, -0.05) is 0 Å². The van der Waals surface area contributed by atoms with Gasteiger partial charge >= 0.3 is 11.4 Å². The van der Waals surface area contributed by atoms with E-state index in [9.17, 15) is 35.4 Å². The Labute approximate surface area is 161 Å². The molecule has 0 saturated carbocycles. The van der Waals surface area contributed by atoms with Crippen LogP contribution in [0.4, 0.5) is 17.1 Å². The monoisotopic (exact) mass is 405 g/mol. The number of non-ortho nitro benzene ring substituents is 1. The van der Waals surface area contributed by atoms with Crippen LogP contribution in [0.15, 0.2) is 36.5 Å². The van der Waals surface area contributed by atoms with Gasteiger partial charge in [0.05, 0.1) is 26.9 Å². The summed E-state index contributed by atoms with van der Waals surface area (Å²) in [6, 6.07) is 6.19. The molecule has 3 rings (SSSR count). The summed E-state index contributed by atoms with van der Waals surface area (Å²) in [5.74, 6) is -0.911. The average molecular weight is 405 g/mol. The van der Waals surface area contributed by atoms with Gasteiger partial charge in [-0.3, -0.25) is 30.3 Å². The lowest BCUT2D eigenvalue weighted by atomic mass is 10.1. The molecule has 0 spiro atoms. The van der Waals surface area contributed by atoms with Crippen molar-refractivity contribution >= 4 is 28.0 Å². The Morgan fingerprint density at radius 1 is 0.931 bits per heavy atom. The first-order valence-corrected chi connectivity index (χ1v) is 7.95. The third-order valence-corrected chi connectivity index (χ3v) is 3.82. The molecule has 0 aliphatic heterocycles. The van der Waals surface area contributed by atoms with Crippen LogP contribution in [0.3, 0.4) is 0 Å². The van der Waals surface area contributed by atoms with Crippen molar-refractivity contribution in [2.75, 3.05) is 6.54 Å². The van der Waals surface area contributed by atoms with E-state index in [-0.39, 0.29) is 0 Å². The number of nitrogens with one attached hydrogen (secondary N) is 1. The molecule has 5 N–H and O–H groups in total. The lowest BCUT2D eigenvalue weighted by Gasteiger charge is -1.97. The largest absolute Gasteiger partial charge is 0.508 e. The maximum Gasteiger partial charge on any atom is 0.324 e. The zero-order chi connectivity index (χ0) is 21.7. The molecule has 0 radical (unpaired) electrons. The second kappa shape index (κ2) is 8.62. The molecular weight excluding hydrogens is 390 g/mol. The van der Waals surface area contributed by atoms with Crippen LogP contribution in [0.25, 0.3) is 10.9 Å². The number of aromatic hydroxyl groups is 2. The van der Waals surface area contributed by atoms with Gasteiger partial charge in [0.15, 0.2) is 0 Å². The molecule has 0 unspecified atom stereocenters. The molecule has 0 fully saturated rings. The summed E-state index contributed by atoms with van der Waals surface area (Å²) in [5, 5.41) is 50.6. The highest BCUT2D eigenvalue weighted by atomic mass is 16.6. The van der Waals surface area contributed by atoms with Gasteiger partial charge in [0.1, 0.15) is 5.75 Å². The van der Waals surface area contributed by atoms with Gasteiger partial charge in [-0.25, -0.2) is 0 Å². The topological polar surface area (TPSA) is 212 Å². The number of H-pyrrole nitrogens is 1. The summed E-state index contributed by atoms with van der Waals surface area (Å²) in [6.45, 7) is 0.628. The quantitative estimate of drug-likeness (QED) is 0.362. The van der Waals surface area contributed by atoms with Crippen molar-refractivity contribution in [3.8, 4) is 11.5 Å². The third-order valence-electron chi connectivity index (χ3n) is 3.82. The zero-order valence-corrected chi connectivity index (χ0v) is 14.6. The first-order chi connectivity index (χ1) is 13.6. The van der Waals surface area contributed by atoms with Crippen molar-refractivity contribution in [2.24, 2.45) is 5.73 Å². The van der Waals surface area contributed by atoms with Crippen LogP contribution >= 0.6 is 0 Å². The molecule has 3 aromatic rings. The number of nitrogens with two attached hydrogens (primary N) is 1. The molecule has 29 heavy (non-hydrogen) atoms. The molecule has 0 bridgehead atoms. The van der Waals surface area contributed by atoms with Gasteiger partial charge in [0.2, 0.25) is 0 Å². The van der Waals surface area contributed by atoms with E-state index in [1.54, 1.807) is 12.1 Å². The highest BCUT2D eigenvalue weighted by Crippen LogP contribution is 2.38. The molecule has 0 amide bonds. The van der Waals surface area contributed by atoms with Crippen LogP contribution in [-0.2, 0) is 6.42 Å². The Morgan fingerprint density at radius 3 is 2.00 bits per heavy atom. The Kier molecular flexibility index (Phi) is 6.25. The van der Waals surface area contributed by atoms with E-state index in [1.165, 1.54) is 0 Å². The van der Waals surface area contributed by atoms with Crippen LogP contribution in [0.1, 0.15) is 5.56 Å². The van der Waals surface area contributed by atoms with E-state index < -0.39 is 37.6 Å². The van der Waals surface area contributed by atoms with Gasteiger partial charge < -0.3 is 20.9 Å². The molecule has 1 aromatic heterocycles. The number of hydrogen-bond donors (Lipinski definition) is 4. The Bertz CT molecular complexity index is 1060. The maximum atomic E-state index is 10.4. The van der Waals surface area contributed by atoms with Crippen LogP contribution in [0, 0.1) is 30.3 Å². The highest BCUT2D eigenvalue weighted by molar-refractivity contribution is 5.84. The second-order valence-corrected chi connectivity index (χ2v) is 5.69. The van der Waals surface area contributed by atoms with E-state index in [0.717, 1.165) is 22.9 Å². The predicted octanol–water partition coefficient (Wildman–Crippen LogP) is 2.49. The minimum atomic E-state index is -1.21. The number of nitro benzene ring substituents is 3. The number of benzene rings is 2. The number of fused-ring (bicyclic) bond motifs is 1. The number of nitro groups is 3. The Balaban J connectivity index is 0.000000211. The van der Waals surface area contributed by atoms with Crippen LogP contribution in [-0.4, -0.2) is 36.5 Å². The molecule has 152 valence electrons. The lowest BCUT2D eigenvalue weighted by molar-refractivity contribution is -0.404. The number of aromatic nitrogens is 1. The maximum absolute atomic E-state index is 10.4. The summed E-state index contributed by atoms with van der Waals surface area (Å²) >= 11 is 0. The van der Waals surface area contributed by atoms with E-state index in [4.69, 9.17) is 10.8 Å². The standard InChI is InChI=1S/C10H12N2O.C6H3N3O7/c11-4-3-7-6-12-10-2-1-8(13)5-9(7)10;10-6-4(8(13)14)1-3(7(11)12)2-5(6)9(15)16/h1-2,5-6,12-13H,3-4,11H2;1-2,10H. The Morgan fingerprint density at radius 2 is 1.52 bits per heavy atom. The SMILES string of the molecule is NCCc1c[nH]c2ccc(O)cc12.O=[N+]([O-])c1cc([N+](=O)[O-])c(O)c([N+](=O)[O-])c1. The molecule has 1 heterocycles. The fourth-order valence-electron chi connectivity index (χ4n) is 2.50. The van der Waals surface area contributed by atoms with Gasteiger partial charge in [0.25, 0.3) is 11.4 Å². The predicted molar refractivity (Wildman–Crippen MR) is 101 cm³/mol. The minimum Gasteiger partial charge on any atom is -0.508 e. The summed E-state index contributed by atoms with van der Waals surface area (Å²) in [6.07, 6.45) is 2.78. The van der Waals surface area contributed by atoms with Gasteiger partial charge in [0, 0.05) is 17.1 Å². The minimum absolute atomic E-state index is 0.297. The molecule has 2 aromatic carbocycles. The van der Waals surface area contributed by atoms with Crippen molar-refractivity contribution in [2.45, 2.75) is 6.42 Å². The summed E-state index contributed by atoms with van der Waals surface area (Å²) < 4.78 is 0. The fraction of sp³-hybridized carbons (Fsp3) is 0.125. The first-order valence-electron chi connectivity index (χ1n) is 7.95. The molecule has 13 nitrogen and oxygen atoms in total. The number of nitrogens with zero attached hydrogens (tertiary/aromatic N) is 3. The van der Waals surface area contributed by atoms with Crippen molar-refractivity contribution < 1.29 is 25.0 Å². The molecule has 0 saturated heterocycles. The van der Waals surface area contributed by atoms with Gasteiger partial charge in [-0.15, -0.1) is 0 Å². The number of rotatable bonds is 5. The van der Waals surface area contributed by atoms with E-state index in [2.05, 4.69) is 4.98 Å². The third kappa shape index (κ3) is 4.72. The van der Waals surface area contributed by atoms with Crippen molar-refractivity contribution in [3.05, 3.63) is 72.4 Å². The average Bonchev–Trinajstić information content (AvgIpc) is 3.04. The van der Waals surface area contributed by atoms with E-state index in [0.29, 0.717) is 24.4 Å². The van der Waals surface area contributed by atoms with E-state index in [1.807, 2.05) is 12.3 Å². The number of hydrogen-bond acceptors (Lipinski definition) is 9. The second-order valence-electron chi connectivity index (χ2n) is 5.69. The zero-order valence-electron chi connectivity index (χ0n) is 14.6. The first kappa shape index (κ1) is 21.0. The van der Waals surface area contributed by atoms with Crippen LogP contribution in [0.2, 0.25) is 0 Å². The molecular formula is C16H15N5O8. The number of aromatic amines is 1. The highest BCUT2D eigenvalue weighted by Gasteiger charge is 2.30. The van der Waals surface area contributed by atoms with Crippen molar-refractivity contribution in [1.82, 2.24) is 4.98 Å². The molecule has 0 aliphatic rings. The van der Waals surface area contributed by atoms with Gasteiger partial charge in [-0.2, -0.15) is 0 Å². The van der Waals surface area contributed by atoms with Crippen LogP contribution < -0.4 is 5.73 Å². The van der Waals surface area contributed by atoms with E-state index >= 15 is 0 Å².